The van der Waals surface area contributed by atoms with Gasteiger partial charge < -0.3 is 15.0 Å². The molecule has 1 aliphatic carbocycles. The summed E-state index contributed by atoms with van der Waals surface area (Å²) >= 11 is 0. The Morgan fingerprint density at radius 2 is 1.56 bits per heavy atom. The van der Waals surface area contributed by atoms with E-state index in [0.29, 0.717) is 12.8 Å². The molecule has 1 saturated heterocycles. The number of anilines is 1. The van der Waals surface area contributed by atoms with E-state index < -0.39 is 24.0 Å². The van der Waals surface area contributed by atoms with Crippen molar-refractivity contribution in [2.45, 2.75) is 30.9 Å². The van der Waals surface area contributed by atoms with Crippen molar-refractivity contribution in [3.05, 3.63) is 90.0 Å². The average molecular weight is 589 g/mol. The molecule has 4 aromatic rings. The number of pyridine rings is 1. The van der Waals surface area contributed by atoms with Crippen molar-refractivity contribution in [2.24, 2.45) is 0 Å². The number of benzene rings is 3. The van der Waals surface area contributed by atoms with E-state index in [0.717, 1.165) is 83.9 Å². The van der Waals surface area contributed by atoms with Crippen LogP contribution in [0.2, 0.25) is 0 Å². The Balaban J connectivity index is 1.11. The smallest absolute Gasteiger partial charge is 0.405 e. The molecule has 6 rings (SSSR count). The maximum atomic E-state index is 13.7. The number of hydrogen-bond donors (Lipinski definition) is 1. The van der Waals surface area contributed by atoms with Crippen LogP contribution in [0.4, 0.5) is 19.0 Å². The fourth-order valence-corrected chi connectivity index (χ4v) is 6.66. The topological polar surface area (TPSA) is 57.7 Å². The maximum Gasteiger partial charge on any atom is 0.405 e. The normalized spacial score (nSPS) is 16.1. The summed E-state index contributed by atoms with van der Waals surface area (Å²) in [6.45, 7) is 2.97. The van der Waals surface area contributed by atoms with Crippen LogP contribution in [-0.4, -0.2) is 68.3 Å². The van der Waals surface area contributed by atoms with E-state index in [9.17, 15) is 18.0 Å². The first kappa shape index (κ1) is 29.0. The lowest BCUT2D eigenvalue weighted by Crippen LogP contribution is -2.48. The Bertz CT molecular complexity index is 1570. The minimum absolute atomic E-state index is 0.438. The van der Waals surface area contributed by atoms with Gasteiger partial charge in [-0.25, -0.2) is 4.98 Å². The summed E-state index contributed by atoms with van der Waals surface area (Å²) in [6, 6.07) is 25.2. The van der Waals surface area contributed by atoms with Gasteiger partial charge in [0.1, 0.15) is 29.0 Å². The molecule has 6 nitrogen and oxygen atoms in total. The van der Waals surface area contributed by atoms with E-state index in [2.05, 4.69) is 27.2 Å². The van der Waals surface area contributed by atoms with Crippen LogP contribution in [0.25, 0.3) is 22.0 Å². The minimum atomic E-state index is -4.48. The molecule has 0 atom stereocenters. The zero-order valence-electron chi connectivity index (χ0n) is 24.2. The maximum absolute atomic E-state index is 13.7. The van der Waals surface area contributed by atoms with E-state index in [-0.39, 0.29) is 0 Å². The summed E-state index contributed by atoms with van der Waals surface area (Å²) in [5, 5.41) is 3.26. The summed E-state index contributed by atoms with van der Waals surface area (Å²) in [6.07, 6.45) is -2.50. The Morgan fingerprint density at radius 3 is 2.21 bits per heavy atom. The first-order valence-corrected chi connectivity index (χ1v) is 14.8. The summed E-state index contributed by atoms with van der Waals surface area (Å²) in [4.78, 5) is 23.3. The molecule has 2 heterocycles. The highest BCUT2D eigenvalue weighted by atomic mass is 19.4. The molecular formula is C34H35F3N4O2. The lowest BCUT2D eigenvalue weighted by atomic mass is 9.73. The molecule has 0 spiro atoms. The molecule has 1 fully saturated rings. The SMILES string of the molecule is COc1cccc2ccc(N3CCN(CCCCC4(C(=O)NCC(F)(F)F)c5ccccc5-c5ccccc54)CC3)nc12. The van der Waals surface area contributed by atoms with Gasteiger partial charge >= 0.3 is 6.18 Å². The molecule has 43 heavy (non-hydrogen) atoms. The van der Waals surface area contributed by atoms with Crippen LogP contribution in [0, 0.1) is 0 Å². The molecule has 2 aliphatic rings. The molecule has 3 aromatic carbocycles. The van der Waals surface area contributed by atoms with Crippen molar-refractivity contribution < 1.29 is 22.7 Å². The molecule has 0 bridgehead atoms. The number of nitrogens with zero attached hydrogens (tertiary/aromatic N) is 3. The third kappa shape index (κ3) is 5.66. The van der Waals surface area contributed by atoms with E-state index >= 15 is 0 Å². The van der Waals surface area contributed by atoms with Crippen molar-refractivity contribution in [1.82, 2.24) is 15.2 Å². The van der Waals surface area contributed by atoms with Gasteiger partial charge in [0.2, 0.25) is 5.91 Å². The molecular weight excluding hydrogens is 553 g/mol. The molecule has 1 aromatic heterocycles. The number of para-hydroxylation sites is 1. The second-order valence-corrected chi connectivity index (χ2v) is 11.3. The number of carbonyl (C=O) groups excluding carboxylic acids is 1. The van der Waals surface area contributed by atoms with Gasteiger partial charge in [-0.05, 0) is 59.8 Å². The number of halogens is 3. The lowest BCUT2D eigenvalue weighted by molar-refractivity contribution is -0.141. The van der Waals surface area contributed by atoms with Crippen LogP contribution < -0.4 is 15.0 Å². The van der Waals surface area contributed by atoms with Gasteiger partial charge in [-0.1, -0.05) is 67.1 Å². The molecule has 1 N–H and O–H groups in total. The van der Waals surface area contributed by atoms with Gasteiger partial charge in [0, 0.05) is 31.6 Å². The number of alkyl halides is 3. The second-order valence-electron chi connectivity index (χ2n) is 11.3. The first-order chi connectivity index (χ1) is 20.8. The zero-order chi connectivity index (χ0) is 30.0. The third-order valence-corrected chi connectivity index (χ3v) is 8.76. The minimum Gasteiger partial charge on any atom is -0.494 e. The number of ether oxygens (including phenoxy) is 1. The number of unbranched alkanes of at least 4 members (excludes halogenated alkanes) is 1. The van der Waals surface area contributed by atoms with Crippen LogP contribution in [0.15, 0.2) is 78.9 Å². The van der Waals surface area contributed by atoms with Crippen LogP contribution in [0.5, 0.6) is 5.75 Å². The van der Waals surface area contributed by atoms with Crippen molar-refractivity contribution in [3.8, 4) is 16.9 Å². The third-order valence-electron chi connectivity index (χ3n) is 8.76. The highest BCUT2D eigenvalue weighted by Crippen LogP contribution is 2.51. The predicted molar refractivity (Wildman–Crippen MR) is 163 cm³/mol. The standard InChI is InChI=1S/C34H35F3N4O2/c1-43-29-14-8-9-24-15-16-30(39-31(24)29)41-21-19-40(20-22-41)18-7-6-17-33(32(42)38-23-34(35,36)37)27-12-4-2-10-25(27)26-11-3-5-13-28(26)33/h2-5,8-16H,6-7,17-23H2,1H3,(H,38,42). The number of methoxy groups -OCH3 is 1. The summed E-state index contributed by atoms with van der Waals surface area (Å²) in [5.74, 6) is 1.10. The van der Waals surface area contributed by atoms with Crippen LogP contribution in [0.1, 0.15) is 30.4 Å². The van der Waals surface area contributed by atoms with Crippen LogP contribution >= 0.6 is 0 Å². The molecule has 1 amide bonds. The number of carbonyl (C=O) groups is 1. The fourth-order valence-electron chi connectivity index (χ4n) is 6.66. The van der Waals surface area contributed by atoms with Gasteiger partial charge in [-0.15, -0.1) is 0 Å². The monoisotopic (exact) mass is 588 g/mol. The van der Waals surface area contributed by atoms with Gasteiger partial charge in [-0.3, -0.25) is 9.69 Å². The Kier molecular flexibility index (Phi) is 8.01. The van der Waals surface area contributed by atoms with Crippen molar-refractivity contribution in [3.63, 3.8) is 0 Å². The molecule has 0 saturated carbocycles. The van der Waals surface area contributed by atoms with Crippen molar-refractivity contribution in [2.75, 3.05) is 51.3 Å². The predicted octanol–water partition coefficient (Wildman–Crippen LogP) is 6.18. The second kappa shape index (κ2) is 11.9. The fraction of sp³-hybridized carbons (Fsp3) is 0.353. The van der Waals surface area contributed by atoms with Gasteiger partial charge in [-0.2, -0.15) is 13.2 Å². The number of fused-ring (bicyclic) bond motifs is 4. The van der Waals surface area contributed by atoms with Crippen LogP contribution in [0.3, 0.4) is 0 Å². The lowest BCUT2D eigenvalue weighted by Gasteiger charge is -2.36. The first-order valence-electron chi connectivity index (χ1n) is 14.8. The molecule has 1 aliphatic heterocycles. The summed E-state index contributed by atoms with van der Waals surface area (Å²) < 4.78 is 44.9. The number of aromatic nitrogens is 1. The van der Waals surface area contributed by atoms with Crippen molar-refractivity contribution >= 4 is 22.6 Å². The summed E-state index contributed by atoms with van der Waals surface area (Å²) in [7, 11) is 1.66. The van der Waals surface area contributed by atoms with Gasteiger partial charge in [0.25, 0.3) is 0 Å². The van der Waals surface area contributed by atoms with Crippen LogP contribution in [-0.2, 0) is 10.2 Å². The molecule has 9 heteroatoms. The quantitative estimate of drug-likeness (QED) is 0.237. The Labute approximate surface area is 249 Å². The molecule has 0 unspecified atom stereocenters. The van der Waals surface area contributed by atoms with Gasteiger partial charge in [0.15, 0.2) is 0 Å². The average Bonchev–Trinajstić information content (AvgIpc) is 3.32. The van der Waals surface area contributed by atoms with E-state index in [1.807, 2.05) is 66.7 Å². The number of rotatable bonds is 9. The Morgan fingerprint density at radius 1 is 0.884 bits per heavy atom. The number of amides is 1. The molecule has 0 radical (unpaired) electrons. The molecule has 224 valence electrons. The summed E-state index contributed by atoms with van der Waals surface area (Å²) in [5.41, 5.74) is 3.09. The largest absolute Gasteiger partial charge is 0.494 e. The van der Waals surface area contributed by atoms with Crippen molar-refractivity contribution in [1.29, 1.82) is 0 Å². The number of piperazine rings is 1. The Hall–Kier alpha value is -4.11. The highest BCUT2D eigenvalue weighted by molar-refractivity contribution is 6.00. The number of hydrogen-bond acceptors (Lipinski definition) is 5. The highest BCUT2D eigenvalue weighted by Gasteiger charge is 2.49. The van der Waals surface area contributed by atoms with E-state index in [4.69, 9.17) is 9.72 Å². The zero-order valence-corrected chi connectivity index (χ0v) is 24.2. The van der Waals surface area contributed by atoms with E-state index in [1.54, 1.807) is 7.11 Å². The van der Waals surface area contributed by atoms with Gasteiger partial charge in [0.05, 0.1) is 7.11 Å². The van der Waals surface area contributed by atoms with E-state index in [1.165, 1.54) is 0 Å². The number of nitrogens with one attached hydrogen (secondary N) is 1.